The van der Waals surface area contributed by atoms with Crippen molar-refractivity contribution >= 4 is 18.0 Å². The quantitative estimate of drug-likeness (QED) is 0.764. The zero-order chi connectivity index (χ0) is 14.5. The highest BCUT2D eigenvalue weighted by atomic mass is 16.6. The summed E-state index contributed by atoms with van der Waals surface area (Å²) in [5.41, 5.74) is -0.724. The molecular weight excluding hydrogens is 240 g/mol. The summed E-state index contributed by atoms with van der Waals surface area (Å²) in [5, 5.41) is 11.1. The summed E-state index contributed by atoms with van der Waals surface area (Å²) in [7, 11) is 3.02. The van der Waals surface area contributed by atoms with Gasteiger partial charge in [0.05, 0.1) is 6.42 Å². The van der Waals surface area contributed by atoms with Crippen molar-refractivity contribution in [3.05, 3.63) is 0 Å². The van der Waals surface area contributed by atoms with Crippen molar-refractivity contribution in [1.29, 1.82) is 0 Å². The van der Waals surface area contributed by atoms with Gasteiger partial charge in [-0.15, -0.1) is 0 Å². The topological polar surface area (TPSA) is 95.9 Å². The van der Waals surface area contributed by atoms with Gasteiger partial charge in [0, 0.05) is 14.1 Å². The third kappa shape index (κ3) is 6.72. The molecule has 0 aromatic heterocycles. The first kappa shape index (κ1) is 16.2. The Kier molecular flexibility index (Phi) is 5.61. The predicted octanol–water partition coefficient (Wildman–Crippen LogP) is 0.443. The largest absolute Gasteiger partial charge is 0.480 e. The molecule has 1 atom stereocenters. The highest BCUT2D eigenvalue weighted by Crippen LogP contribution is 2.07. The fourth-order valence-corrected chi connectivity index (χ4v) is 1.01. The van der Waals surface area contributed by atoms with Gasteiger partial charge < -0.3 is 20.1 Å². The van der Waals surface area contributed by atoms with Crippen molar-refractivity contribution in [3.63, 3.8) is 0 Å². The molecule has 0 rings (SSSR count). The number of alkyl carbamates (subject to hydrolysis) is 1. The summed E-state index contributed by atoms with van der Waals surface area (Å²) in [4.78, 5) is 35.0. The maximum absolute atomic E-state index is 11.4. The molecule has 0 bridgehead atoms. The van der Waals surface area contributed by atoms with Crippen LogP contribution in [0.25, 0.3) is 0 Å². The summed E-state index contributed by atoms with van der Waals surface area (Å²) in [6.07, 6.45) is -1.18. The Balaban J connectivity index is 4.51. The summed E-state index contributed by atoms with van der Waals surface area (Å²) in [6.45, 7) is 4.98. The molecule has 0 saturated heterocycles. The summed E-state index contributed by atoms with van der Waals surface area (Å²) < 4.78 is 4.92. The number of nitrogens with one attached hydrogen (secondary N) is 1. The van der Waals surface area contributed by atoms with Crippen molar-refractivity contribution in [1.82, 2.24) is 10.2 Å². The highest BCUT2D eigenvalue weighted by Gasteiger charge is 2.26. The van der Waals surface area contributed by atoms with Crippen LogP contribution >= 0.6 is 0 Å². The van der Waals surface area contributed by atoms with E-state index in [2.05, 4.69) is 5.32 Å². The number of hydrogen-bond acceptors (Lipinski definition) is 4. The zero-order valence-electron chi connectivity index (χ0n) is 11.3. The molecule has 0 aromatic rings. The number of carboxylic acid groups (broad SMARTS) is 1. The molecule has 7 heteroatoms. The van der Waals surface area contributed by atoms with E-state index >= 15 is 0 Å². The minimum Gasteiger partial charge on any atom is -0.480 e. The number of amides is 2. The van der Waals surface area contributed by atoms with Crippen LogP contribution in [-0.2, 0) is 14.3 Å². The monoisotopic (exact) mass is 260 g/mol. The van der Waals surface area contributed by atoms with Crippen molar-refractivity contribution in [2.45, 2.75) is 38.8 Å². The Hall–Kier alpha value is -1.79. The maximum Gasteiger partial charge on any atom is 0.408 e. The van der Waals surface area contributed by atoms with E-state index in [4.69, 9.17) is 9.84 Å². The molecule has 0 aliphatic heterocycles. The number of hydrogen-bond donors (Lipinski definition) is 2. The van der Waals surface area contributed by atoms with Crippen LogP contribution in [0.2, 0.25) is 0 Å². The van der Waals surface area contributed by atoms with Crippen LogP contribution in [0, 0.1) is 0 Å². The van der Waals surface area contributed by atoms with E-state index in [0.29, 0.717) is 0 Å². The molecule has 0 radical (unpaired) electrons. The SMILES string of the molecule is CN(C)C(=O)CC(NC(=O)OC(C)(C)C)C(=O)O. The van der Waals surface area contributed by atoms with Crippen LogP contribution in [-0.4, -0.2) is 53.7 Å². The lowest BCUT2D eigenvalue weighted by atomic mass is 10.2. The van der Waals surface area contributed by atoms with Crippen LogP contribution in [0.15, 0.2) is 0 Å². The average molecular weight is 260 g/mol. The Morgan fingerprint density at radius 1 is 1.28 bits per heavy atom. The van der Waals surface area contributed by atoms with E-state index in [1.54, 1.807) is 20.8 Å². The fourth-order valence-electron chi connectivity index (χ4n) is 1.01. The number of carboxylic acids is 1. The van der Waals surface area contributed by atoms with Gasteiger partial charge in [-0.3, -0.25) is 4.79 Å². The molecule has 2 amide bonds. The highest BCUT2D eigenvalue weighted by molar-refractivity contribution is 5.87. The van der Waals surface area contributed by atoms with Crippen molar-refractivity contribution < 1.29 is 24.2 Å². The summed E-state index contributed by atoms with van der Waals surface area (Å²) in [6, 6.07) is -1.30. The van der Waals surface area contributed by atoms with E-state index < -0.39 is 29.6 Å². The molecule has 2 N–H and O–H groups in total. The Bertz CT molecular complexity index is 333. The average Bonchev–Trinajstić information content (AvgIpc) is 2.12. The fraction of sp³-hybridized carbons (Fsp3) is 0.727. The molecular formula is C11H20N2O5. The smallest absolute Gasteiger partial charge is 0.408 e. The van der Waals surface area contributed by atoms with Gasteiger partial charge in [0.15, 0.2) is 0 Å². The molecule has 0 aliphatic carbocycles. The lowest BCUT2D eigenvalue weighted by Gasteiger charge is -2.22. The molecule has 0 saturated carbocycles. The lowest BCUT2D eigenvalue weighted by molar-refractivity contribution is -0.142. The van der Waals surface area contributed by atoms with Gasteiger partial charge in [0.25, 0.3) is 0 Å². The number of ether oxygens (including phenoxy) is 1. The van der Waals surface area contributed by atoms with Gasteiger partial charge in [0.1, 0.15) is 11.6 Å². The van der Waals surface area contributed by atoms with Crippen LogP contribution in [0.1, 0.15) is 27.2 Å². The van der Waals surface area contributed by atoms with E-state index in [1.165, 1.54) is 19.0 Å². The normalized spacial score (nSPS) is 12.5. The Morgan fingerprint density at radius 3 is 2.11 bits per heavy atom. The van der Waals surface area contributed by atoms with E-state index in [0.717, 1.165) is 0 Å². The minimum absolute atomic E-state index is 0.318. The van der Waals surface area contributed by atoms with Gasteiger partial charge in [-0.25, -0.2) is 9.59 Å². The van der Waals surface area contributed by atoms with E-state index in [1.807, 2.05) is 0 Å². The molecule has 0 spiro atoms. The molecule has 0 heterocycles. The van der Waals surface area contributed by atoms with Crippen molar-refractivity contribution in [2.75, 3.05) is 14.1 Å². The molecule has 7 nitrogen and oxygen atoms in total. The lowest BCUT2D eigenvalue weighted by Crippen LogP contribution is -2.45. The standard InChI is InChI=1S/C11H20N2O5/c1-11(2,3)18-10(17)12-7(9(15)16)6-8(14)13(4)5/h7H,6H2,1-5H3,(H,12,17)(H,15,16). The maximum atomic E-state index is 11.4. The molecule has 1 unspecified atom stereocenters. The number of carbonyl (C=O) groups excluding carboxylic acids is 2. The first-order valence-electron chi connectivity index (χ1n) is 5.45. The van der Waals surface area contributed by atoms with Crippen LogP contribution < -0.4 is 5.32 Å². The first-order valence-corrected chi connectivity index (χ1v) is 5.45. The number of rotatable bonds is 4. The van der Waals surface area contributed by atoms with Crippen molar-refractivity contribution in [3.8, 4) is 0 Å². The third-order valence-corrected chi connectivity index (χ3v) is 1.87. The summed E-state index contributed by atoms with van der Waals surface area (Å²) >= 11 is 0. The first-order chi connectivity index (χ1) is 8.03. The van der Waals surface area contributed by atoms with Gasteiger partial charge in [-0.05, 0) is 20.8 Å². The van der Waals surface area contributed by atoms with Crippen molar-refractivity contribution in [2.24, 2.45) is 0 Å². The summed E-state index contributed by atoms with van der Waals surface area (Å²) in [5.74, 6) is -1.67. The molecule has 0 aromatic carbocycles. The zero-order valence-corrected chi connectivity index (χ0v) is 11.3. The third-order valence-electron chi connectivity index (χ3n) is 1.87. The molecule has 0 aliphatic rings. The second kappa shape index (κ2) is 6.23. The minimum atomic E-state index is -1.30. The Morgan fingerprint density at radius 2 is 1.78 bits per heavy atom. The van der Waals surface area contributed by atoms with Gasteiger partial charge in [-0.1, -0.05) is 0 Å². The molecule has 18 heavy (non-hydrogen) atoms. The molecule has 0 fully saturated rings. The van der Waals surface area contributed by atoms with Gasteiger partial charge in [0.2, 0.25) is 5.91 Å². The van der Waals surface area contributed by atoms with Crippen LogP contribution in [0.3, 0.4) is 0 Å². The second-order valence-corrected chi connectivity index (χ2v) is 5.03. The Labute approximate surface area is 106 Å². The number of nitrogens with zero attached hydrogens (tertiary/aromatic N) is 1. The van der Waals surface area contributed by atoms with Crippen LogP contribution in [0.4, 0.5) is 4.79 Å². The predicted molar refractivity (Wildman–Crippen MR) is 64.1 cm³/mol. The second-order valence-electron chi connectivity index (χ2n) is 5.03. The van der Waals surface area contributed by atoms with Gasteiger partial charge in [-0.2, -0.15) is 0 Å². The van der Waals surface area contributed by atoms with E-state index in [9.17, 15) is 14.4 Å². The number of carbonyl (C=O) groups is 3. The molecule has 104 valence electrons. The number of aliphatic carboxylic acids is 1. The van der Waals surface area contributed by atoms with Crippen LogP contribution in [0.5, 0.6) is 0 Å². The van der Waals surface area contributed by atoms with E-state index in [-0.39, 0.29) is 6.42 Å². The van der Waals surface area contributed by atoms with Gasteiger partial charge >= 0.3 is 12.1 Å².